The van der Waals surface area contributed by atoms with Gasteiger partial charge in [-0.2, -0.15) is 0 Å². The number of hydrogen-bond donors (Lipinski definition) is 2. The number of nitrogens with one attached hydrogen (secondary N) is 1. The molecule has 0 aliphatic carbocycles. The summed E-state index contributed by atoms with van der Waals surface area (Å²) in [6.07, 6.45) is 0.821. The molecule has 0 spiro atoms. The third kappa shape index (κ3) is 4.32. The van der Waals surface area contributed by atoms with Gasteiger partial charge in [0, 0.05) is 17.3 Å². The Morgan fingerprint density at radius 2 is 2.20 bits per heavy atom. The number of para-hydroxylation sites is 1. The van der Waals surface area contributed by atoms with E-state index in [0.717, 1.165) is 23.0 Å². The van der Waals surface area contributed by atoms with Crippen molar-refractivity contribution in [3.8, 4) is 11.8 Å². The van der Waals surface area contributed by atoms with Crippen molar-refractivity contribution < 1.29 is 0 Å². The lowest BCUT2D eigenvalue weighted by Gasteiger charge is -2.05. The number of nitrogens with two attached hydrogens (primary N) is 1. The molecule has 0 amide bonds. The number of thiocarbonyl (C=S) groups is 1. The molecule has 1 rings (SSSR count). The molecule has 0 aromatic heterocycles. The highest BCUT2D eigenvalue weighted by molar-refractivity contribution is 9.09. The lowest BCUT2D eigenvalue weighted by Crippen LogP contribution is -2.19. The first kappa shape index (κ1) is 12.0. The fourth-order valence-corrected chi connectivity index (χ4v) is 1.35. The smallest absolute Gasteiger partial charge is 0.168 e. The Hall–Kier alpha value is -1.05. The fourth-order valence-electron chi connectivity index (χ4n) is 1.04. The van der Waals surface area contributed by atoms with Crippen LogP contribution >= 0.6 is 28.1 Å². The molecule has 0 fully saturated rings. The Balaban J connectivity index is 2.87. The molecule has 1 aromatic rings. The van der Waals surface area contributed by atoms with Crippen LogP contribution in [0.4, 0.5) is 5.69 Å². The second-order valence-electron chi connectivity index (χ2n) is 2.78. The van der Waals surface area contributed by atoms with Gasteiger partial charge in [0.25, 0.3) is 0 Å². The standard InChI is InChI=1S/C11H11BrN2S/c12-8-4-3-6-9-5-1-2-7-10(9)14-11(13)15/h1-2,5,7H,4,8H2,(H3,13,14,15). The fraction of sp³-hybridized carbons (Fsp3) is 0.182. The zero-order valence-electron chi connectivity index (χ0n) is 8.09. The summed E-state index contributed by atoms with van der Waals surface area (Å²) in [5.41, 5.74) is 7.18. The number of hydrogen-bond acceptors (Lipinski definition) is 1. The summed E-state index contributed by atoms with van der Waals surface area (Å²) in [4.78, 5) is 0. The molecule has 0 atom stereocenters. The maximum absolute atomic E-state index is 5.41. The maximum Gasteiger partial charge on any atom is 0.168 e. The molecule has 0 heterocycles. The lowest BCUT2D eigenvalue weighted by atomic mass is 10.2. The van der Waals surface area contributed by atoms with E-state index in [-0.39, 0.29) is 5.11 Å². The van der Waals surface area contributed by atoms with Gasteiger partial charge >= 0.3 is 0 Å². The molecule has 0 saturated heterocycles. The molecular weight excluding hydrogens is 272 g/mol. The molecule has 0 unspecified atom stereocenters. The summed E-state index contributed by atoms with van der Waals surface area (Å²) in [6.45, 7) is 0. The van der Waals surface area contributed by atoms with Crippen molar-refractivity contribution in [2.24, 2.45) is 5.73 Å². The van der Waals surface area contributed by atoms with Crippen molar-refractivity contribution in [3.05, 3.63) is 29.8 Å². The molecule has 0 radical (unpaired) electrons. The van der Waals surface area contributed by atoms with Crippen molar-refractivity contribution in [3.63, 3.8) is 0 Å². The van der Waals surface area contributed by atoms with E-state index >= 15 is 0 Å². The van der Waals surface area contributed by atoms with Gasteiger partial charge in [-0.1, -0.05) is 39.9 Å². The first-order valence-corrected chi connectivity index (χ1v) is 5.97. The number of anilines is 1. The van der Waals surface area contributed by atoms with Gasteiger partial charge in [0.2, 0.25) is 0 Å². The molecule has 1 aromatic carbocycles. The second-order valence-corrected chi connectivity index (χ2v) is 4.01. The van der Waals surface area contributed by atoms with Crippen LogP contribution in [0.1, 0.15) is 12.0 Å². The Labute approximate surface area is 103 Å². The van der Waals surface area contributed by atoms with Gasteiger partial charge in [-0.3, -0.25) is 0 Å². The number of rotatable bonds is 2. The minimum Gasteiger partial charge on any atom is -0.376 e. The monoisotopic (exact) mass is 282 g/mol. The highest BCUT2D eigenvalue weighted by atomic mass is 79.9. The largest absolute Gasteiger partial charge is 0.376 e. The quantitative estimate of drug-likeness (QED) is 0.497. The number of benzene rings is 1. The van der Waals surface area contributed by atoms with Gasteiger partial charge in [-0.25, -0.2) is 0 Å². The first-order valence-electron chi connectivity index (χ1n) is 4.44. The van der Waals surface area contributed by atoms with Gasteiger partial charge in [-0.15, -0.1) is 0 Å². The summed E-state index contributed by atoms with van der Waals surface area (Å²) in [5.74, 6) is 6.11. The summed E-state index contributed by atoms with van der Waals surface area (Å²) in [7, 11) is 0. The number of alkyl halides is 1. The predicted molar refractivity (Wildman–Crippen MR) is 72.1 cm³/mol. The average Bonchev–Trinajstić information content (AvgIpc) is 2.20. The minimum atomic E-state index is 0.254. The van der Waals surface area contributed by atoms with Gasteiger partial charge in [0.15, 0.2) is 5.11 Å². The van der Waals surface area contributed by atoms with Crippen LogP contribution in [0, 0.1) is 11.8 Å². The van der Waals surface area contributed by atoms with E-state index < -0.39 is 0 Å². The zero-order valence-corrected chi connectivity index (χ0v) is 10.5. The molecule has 4 heteroatoms. The van der Waals surface area contributed by atoms with Crippen LogP contribution in [0.25, 0.3) is 0 Å². The van der Waals surface area contributed by atoms with Crippen molar-refractivity contribution >= 4 is 38.9 Å². The van der Waals surface area contributed by atoms with Crippen LogP contribution in [0.15, 0.2) is 24.3 Å². The Morgan fingerprint density at radius 1 is 1.47 bits per heavy atom. The second kappa shape index (κ2) is 6.44. The summed E-state index contributed by atoms with van der Waals surface area (Å²) in [6, 6.07) is 7.68. The van der Waals surface area contributed by atoms with E-state index in [2.05, 4.69) is 33.1 Å². The molecule has 2 nitrogen and oxygen atoms in total. The zero-order chi connectivity index (χ0) is 11.1. The highest BCUT2D eigenvalue weighted by Crippen LogP contribution is 2.13. The summed E-state index contributed by atoms with van der Waals surface area (Å²) < 4.78 is 0. The van der Waals surface area contributed by atoms with Crippen LogP contribution in [0.5, 0.6) is 0 Å². The van der Waals surface area contributed by atoms with Crippen LogP contribution in [-0.2, 0) is 0 Å². The molecule has 0 aliphatic heterocycles. The van der Waals surface area contributed by atoms with Crippen molar-refractivity contribution in [1.29, 1.82) is 0 Å². The Kier molecular flexibility index (Phi) is 5.16. The molecular formula is C11H11BrN2S. The van der Waals surface area contributed by atoms with Crippen molar-refractivity contribution in [1.82, 2.24) is 0 Å². The average molecular weight is 283 g/mol. The SMILES string of the molecule is NC(=S)Nc1ccccc1C#CCCBr. The Morgan fingerprint density at radius 3 is 2.87 bits per heavy atom. The first-order chi connectivity index (χ1) is 7.24. The van der Waals surface area contributed by atoms with E-state index in [0.29, 0.717) is 0 Å². The molecule has 15 heavy (non-hydrogen) atoms. The topological polar surface area (TPSA) is 38.0 Å². The van der Waals surface area contributed by atoms with Crippen molar-refractivity contribution in [2.75, 3.05) is 10.6 Å². The van der Waals surface area contributed by atoms with Crippen LogP contribution in [-0.4, -0.2) is 10.4 Å². The van der Waals surface area contributed by atoms with Crippen LogP contribution in [0.3, 0.4) is 0 Å². The molecule has 3 N–H and O–H groups in total. The Bertz CT molecular complexity index is 407. The van der Waals surface area contributed by atoms with Crippen LogP contribution in [0.2, 0.25) is 0 Å². The van der Waals surface area contributed by atoms with E-state index in [1.165, 1.54) is 0 Å². The van der Waals surface area contributed by atoms with Gasteiger partial charge in [-0.05, 0) is 24.4 Å². The maximum atomic E-state index is 5.41. The van der Waals surface area contributed by atoms with Gasteiger partial charge < -0.3 is 11.1 Å². The molecule has 0 bridgehead atoms. The summed E-state index contributed by atoms with van der Waals surface area (Å²) in [5, 5.41) is 4.03. The third-order valence-corrected chi connectivity index (χ3v) is 2.13. The van der Waals surface area contributed by atoms with E-state index in [4.69, 9.17) is 18.0 Å². The van der Waals surface area contributed by atoms with E-state index in [1.54, 1.807) is 0 Å². The highest BCUT2D eigenvalue weighted by Gasteiger charge is 1.97. The molecule has 0 saturated carbocycles. The van der Waals surface area contributed by atoms with E-state index in [9.17, 15) is 0 Å². The predicted octanol–water partition coefficient (Wildman–Crippen LogP) is 2.48. The lowest BCUT2D eigenvalue weighted by molar-refractivity contribution is 1.32. The number of halogens is 1. The van der Waals surface area contributed by atoms with E-state index in [1.807, 2.05) is 24.3 Å². The van der Waals surface area contributed by atoms with Crippen LogP contribution < -0.4 is 11.1 Å². The van der Waals surface area contributed by atoms with Gasteiger partial charge in [0.1, 0.15) is 0 Å². The summed E-state index contributed by atoms with van der Waals surface area (Å²) >= 11 is 8.11. The third-order valence-electron chi connectivity index (χ3n) is 1.63. The molecule has 78 valence electrons. The van der Waals surface area contributed by atoms with Gasteiger partial charge in [0.05, 0.1) is 5.69 Å². The minimum absolute atomic E-state index is 0.254. The molecule has 0 aliphatic rings. The normalized spacial score (nSPS) is 8.87. The van der Waals surface area contributed by atoms with Crippen molar-refractivity contribution in [2.45, 2.75) is 6.42 Å².